The summed E-state index contributed by atoms with van der Waals surface area (Å²) in [4.78, 5) is 0. The lowest BCUT2D eigenvalue weighted by Gasteiger charge is -2.20. The summed E-state index contributed by atoms with van der Waals surface area (Å²) in [5.41, 5.74) is 0.981. The highest BCUT2D eigenvalue weighted by atomic mass is 35.5. The van der Waals surface area contributed by atoms with Crippen LogP contribution in [0.15, 0.2) is 48.4 Å². The molecular weight excluding hydrogens is 324 g/mol. The predicted molar refractivity (Wildman–Crippen MR) is 97.8 cm³/mol. The van der Waals surface area contributed by atoms with Gasteiger partial charge in [-0.25, -0.2) is 0 Å². The Morgan fingerprint density at radius 3 is 2.92 bits per heavy atom. The molecule has 0 radical (unpaired) electrons. The molecule has 0 aliphatic carbocycles. The molecule has 1 heterocycles. The van der Waals surface area contributed by atoms with E-state index in [2.05, 4.69) is 19.1 Å². The van der Waals surface area contributed by atoms with Gasteiger partial charge < -0.3 is 14.2 Å². The first-order valence-corrected chi connectivity index (χ1v) is 8.99. The number of allylic oxidation sites excluding steroid dienone is 3. The first kappa shape index (κ1) is 18.9. The minimum atomic E-state index is -0.132. The molecule has 0 saturated heterocycles. The summed E-state index contributed by atoms with van der Waals surface area (Å²) >= 11 is 6.14. The van der Waals surface area contributed by atoms with Gasteiger partial charge in [0, 0.05) is 5.02 Å². The van der Waals surface area contributed by atoms with Crippen LogP contribution in [0.1, 0.15) is 38.7 Å². The van der Waals surface area contributed by atoms with Crippen molar-refractivity contribution in [2.75, 3.05) is 13.2 Å². The van der Waals surface area contributed by atoms with E-state index < -0.39 is 0 Å². The Balaban J connectivity index is 1.87. The number of ether oxygens (including phenoxy) is 3. The SMILES string of the molecule is CCCC1/C=C/OC(COCc2ccccc2Cl)CO/C(C)=C/C1. The molecule has 1 aromatic carbocycles. The number of halogens is 1. The van der Waals surface area contributed by atoms with Crippen LogP contribution in [0.4, 0.5) is 0 Å². The van der Waals surface area contributed by atoms with Gasteiger partial charge in [-0.1, -0.05) is 43.1 Å². The highest BCUT2D eigenvalue weighted by Crippen LogP contribution is 2.18. The van der Waals surface area contributed by atoms with E-state index in [1.807, 2.05) is 37.5 Å². The summed E-state index contributed by atoms with van der Waals surface area (Å²) in [6.07, 6.45) is 9.30. The van der Waals surface area contributed by atoms with Gasteiger partial charge in [0.2, 0.25) is 0 Å². The zero-order chi connectivity index (χ0) is 17.2. The minimum Gasteiger partial charge on any atom is -0.495 e. The average molecular weight is 351 g/mol. The molecule has 132 valence electrons. The molecule has 2 atom stereocenters. The quantitative estimate of drug-likeness (QED) is 0.678. The predicted octanol–water partition coefficient (Wildman–Crippen LogP) is 5.50. The van der Waals surface area contributed by atoms with Crippen molar-refractivity contribution in [3.63, 3.8) is 0 Å². The van der Waals surface area contributed by atoms with E-state index in [9.17, 15) is 0 Å². The summed E-state index contributed by atoms with van der Waals surface area (Å²) in [6.45, 7) is 5.60. The van der Waals surface area contributed by atoms with Crippen LogP contribution in [0.3, 0.4) is 0 Å². The molecule has 24 heavy (non-hydrogen) atoms. The highest BCUT2D eigenvalue weighted by molar-refractivity contribution is 6.31. The maximum atomic E-state index is 6.14. The van der Waals surface area contributed by atoms with Crippen molar-refractivity contribution in [1.82, 2.24) is 0 Å². The molecule has 0 amide bonds. The van der Waals surface area contributed by atoms with Crippen molar-refractivity contribution in [3.8, 4) is 0 Å². The third-order valence-electron chi connectivity index (χ3n) is 4.01. The van der Waals surface area contributed by atoms with Crippen molar-refractivity contribution in [3.05, 3.63) is 59.0 Å². The van der Waals surface area contributed by atoms with Gasteiger partial charge in [0.25, 0.3) is 0 Å². The van der Waals surface area contributed by atoms with Crippen LogP contribution in [0.25, 0.3) is 0 Å². The third-order valence-corrected chi connectivity index (χ3v) is 4.37. The van der Waals surface area contributed by atoms with Crippen molar-refractivity contribution >= 4 is 11.6 Å². The van der Waals surface area contributed by atoms with Crippen LogP contribution < -0.4 is 0 Å². The van der Waals surface area contributed by atoms with Crippen LogP contribution in [-0.4, -0.2) is 19.3 Å². The Morgan fingerprint density at radius 2 is 2.12 bits per heavy atom. The first-order chi connectivity index (χ1) is 11.7. The second-order valence-electron chi connectivity index (χ2n) is 6.10. The Hall–Kier alpha value is -1.45. The highest BCUT2D eigenvalue weighted by Gasteiger charge is 2.13. The smallest absolute Gasteiger partial charge is 0.155 e. The van der Waals surface area contributed by atoms with Crippen molar-refractivity contribution in [2.45, 2.75) is 45.8 Å². The maximum absolute atomic E-state index is 6.14. The van der Waals surface area contributed by atoms with Gasteiger partial charge in [0.15, 0.2) is 6.10 Å². The van der Waals surface area contributed by atoms with Gasteiger partial charge in [0.05, 0.1) is 25.2 Å². The number of rotatable bonds is 6. The van der Waals surface area contributed by atoms with E-state index in [-0.39, 0.29) is 6.10 Å². The van der Waals surface area contributed by atoms with E-state index in [1.54, 1.807) is 0 Å². The summed E-state index contributed by atoms with van der Waals surface area (Å²) in [6, 6.07) is 7.71. The van der Waals surface area contributed by atoms with Gasteiger partial charge in [-0.2, -0.15) is 0 Å². The maximum Gasteiger partial charge on any atom is 0.155 e. The fourth-order valence-electron chi connectivity index (χ4n) is 2.57. The van der Waals surface area contributed by atoms with Crippen molar-refractivity contribution in [1.29, 1.82) is 0 Å². The summed E-state index contributed by atoms with van der Waals surface area (Å²) in [5.74, 6) is 1.45. The number of hydrogen-bond acceptors (Lipinski definition) is 3. The molecular formula is C20H27ClO3. The molecule has 1 aliphatic heterocycles. The minimum absolute atomic E-state index is 0.132. The molecule has 1 aliphatic rings. The van der Waals surface area contributed by atoms with Crippen molar-refractivity contribution < 1.29 is 14.2 Å². The van der Waals surface area contributed by atoms with E-state index in [4.69, 9.17) is 25.8 Å². The monoisotopic (exact) mass is 350 g/mol. The molecule has 0 saturated carbocycles. The lowest BCUT2D eigenvalue weighted by atomic mass is 9.99. The van der Waals surface area contributed by atoms with Gasteiger partial charge in [-0.05, 0) is 49.5 Å². The largest absolute Gasteiger partial charge is 0.495 e. The fraction of sp³-hybridized carbons (Fsp3) is 0.500. The van der Waals surface area contributed by atoms with Crippen LogP contribution in [0, 0.1) is 5.92 Å². The lowest BCUT2D eigenvalue weighted by Crippen LogP contribution is -2.24. The van der Waals surface area contributed by atoms with Crippen molar-refractivity contribution in [2.24, 2.45) is 5.92 Å². The molecule has 4 heteroatoms. The second kappa shape index (κ2) is 10.4. The van der Waals surface area contributed by atoms with Crippen LogP contribution in [0.2, 0.25) is 5.02 Å². The summed E-state index contributed by atoms with van der Waals surface area (Å²) < 4.78 is 17.4. The summed E-state index contributed by atoms with van der Waals surface area (Å²) in [7, 11) is 0. The van der Waals surface area contributed by atoms with Gasteiger partial charge in [-0.3, -0.25) is 0 Å². The molecule has 0 spiro atoms. The average Bonchev–Trinajstić information content (AvgIpc) is 2.58. The van der Waals surface area contributed by atoms with Crippen LogP contribution in [-0.2, 0) is 20.8 Å². The Morgan fingerprint density at radius 1 is 1.29 bits per heavy atom. The normalized spacial score (nSPS) is 25.0. The van der Waals surface area contributed by atoms with Gasteiger partial charge >= 0.3 is 0 Å². The Bertz CT molecular complexity index is 554. The summed E-state index contributed by atoms with van der Waals surface area (Å²) in [5, 5.41) is 0.724. The molecule has 0 bridgehead atoms. The van der Waals surface area contributed by atoms with E-state index >= 15 is 0 Å². The third kappa shape index (κ3) is 6.58. The molecule has 2 rings (SSSR count). The zero-order valence-corrected chi connectivity index (χ0v) is 15.3. The second-order valence-corrected chi connectivity index (χ2v) is 6.51. The Labute approximate surface area is 150 Å². The fourth-order valence-corrected chi connectivity index (χ4v) is 2.76. The standard InChI is InChI=1S/C20H27ClO3/c1-3-6-17-10-9-16(2)24-15-19(23-12-11-17)14-22-13-18-7-4-5-8-20(18)21/h4-5,7-9,11-12,17,19H,3,6,10,13-15H2,1-2H3/b12-11+,16-9+. The van der Waals surface area contributed by atoms with Gasteiger partial charge in [-0.15, -0.1) is 0 Å². The lowest BCUT2D eigenvalue weighted by molar-refractivity contribution is -0.0168. The van der Waals surface area contributed by atoms with Gasteiger partial charge in [0.1, 0.15) is 6.61 Å². The zero-order valence-electron chi connectivity index (χ0n) is 14.5. The topological polar surface area (TPSA) is 27.7 Å². The number of benzene rings is 1. The Kier molecular flexibility index (Phi) is 8.20. The number of hydrogen-bond donors (Lipinski definition) is 0. The molecule has 0 fully saturated rings. The van der Waals surface area contributed by atoms with E-state index in [0.717, 1.165) is 35.6 Å². The van der Waals surface area contributed by atoms with E-state index in [0.29, 0.717) is 25.7 Å². The molecule has 3 nitrogen and oxygen atoms in total. The first-order valence-electron chi connectivity index (χ1n) is 8.62. The molecule has 2 unspecified atom stereocenters. The van der Waals surface area contributed by atoms with Crippen LogP contribution in [0.5, 0.6) is 0 Å². The van der Waals surface area contributed by atoms with E-state index in [1.165, 1.54) is 0 Å². The molecule has 0 aromatic heterocycles. The molecule has 1 aromatic rings. The molecule has 0 N–H and O–H groups in total. The van der Waals surface area contributed by atoms with Crippen LogP contribution >= 0.6 is 11.6 Å².